The number of carbonyl (C=O) groups excluding carboxylic acids is 2. The minimum atomic E-state index is -1.10. The number of nitrogens with zero attached hydrogens (tertiary/aromatic N) is 2. The number of carbonyl (C=O) groups is 2. The lowest BCUT2D eigenvalue weighted by molar-refractivity contribution is -0.991. The van der Waals surface area contributed by atoms with Crippen molar-refractivity contribution in [3.63, 3.8) is 0 Å². The number of allylic oxidation sites excluding steroid dienone is 2. The maximum absolute atomic E-state index is 13.4. The van der Waals surface area contributed by atoms with Gasteiger partial charge in [-0.2, -0.15) is 5.23 Å². The van der Waals surface area contributed by atoms with Gasteiger partial charge in [-0.15, -0.1) is 0 Å². The molecule has 2 aromatic rings. The number of rotatable bonds is 10. The molecule has 0 amide bonds. The highest BCUT2D eigenvalue weighted by atomic mass is 16.8. The van der Waals surface area contributed by atoms with Crippen LogP contribution in [0.25, 0.3) is 0 Å². The zero-order valence-electron chi connectivity index (χ0n) is 22.9. The molecular weight excluding hydrogens is 486 g/mol. The zero-order chi connectivity index (χ0) is 28.0. The van der Waals surface area contributed by atoms with Crippen molar-refractivity contribution < 1.29 is 29.5 Å². The normalized spacial score (nSPS) is 15.0. The Bertz CT molecular complexity index is 1170. The molecule has 1 heterocycles. The largest absolute Gasteiger partial charge is 0.595 e. The highest BCUT2D eigenvalue weighted by molar-refractivity contribution is 6.01. The average Bonchev–Trinajstić information content (AvgIpc) is 2.90. The van der Waals surface area contributed by atoms with Crippen molar-refractivity contribution in [2.45, 2.75) is 47.5 Å². The highest BCUT2D eigenvalue weighted by Gasteiger charge is 2.41. The van der Waals surface area contributed by atoms with Gasteiger partial charge in [-0.1, -0.05) is 12.1 Å². The van der Waals surface area contributed by atoms with Gasteiger partial charge in [0.25, 0.3) is 0 Å². The summed E-state index contributed by atoms with van der Waals surface area (Å²) in [5.74, 6) is -2.01. The molecule has 9 heteroatoms. The quantitative estimate of drug-likeness (QED) is 0.352. The molecular formula is C29H37N3O6. The number of esters is 2. The molecule has 2 N–H and O–H groups in total. The summed E-state index contributed by atoms with van der Waals surface area (Å²) in [6.45, 7) is 13.3. The van der Waals surface area contributed by atoms with Crippen LogP contribution in [0.1, 0.15) is 53.0 Å². The maximum atomic E-state index is 13.4. The lowest BCUT2D eigenvalue weighted by Crippen LogP contribution is -2.99. The summed E-state index contributed by atoms with van der Waals surface area (Å²) < 4.78 is 10.9. The van der Waals surface area contributed by atoms with E-state index >= 15 is 0 Å². The standard InChI is InChI=1S/C29H37N3O6/c1-7-30(8-2)22-14-16-23(17-15-22)31-19(5)25(28(33)37-9-3)27(26(20(31)6)29(34)38-10-4)21-12-11-13-24(18-21)32(35)36/h11-18,27,32,35H,7-10H2,1-6H3. The molecule has 0 saturated heterocycles. The van der Waals surface area contributed by atoms with Crippen molar-refractivity contribution in [3.8, 4) is 0 Å². The number of hydrogen-bond acceptors (Lipinski definition) is 8. The average molecular weight is 524 g/mol. The Balaban J connectivity index is 2.28. The molecule has 1 atom stereocenters. The monoisotopic (exact) mass is 523 g/mol. The van der Waals surface area contributed by atoms with Gasteiger partial charge in [0.15, 0.2) is 5.69 Å². The predicted molar refractivity (Wildman–Crippen MR) is 146 cm³/mol. The third-order valence-corrected chi connectivity index (χ3v) is 6.72. The number of benzene rings is 2. The fourth-order valence-electron chi connectivity index (χ4n) is 4.98. The Hall–Kier alpha value is -3.66. The van der Waals surface area contributed by atoms with E-state index in [0.29, 0.717) is 17.0 Å². The number of hydrogen-bond donors (Lipinski definition) is 2. The van der Waals surface area contributed by atoms with E-state index in [9.17, 15) is 20.0 Å². The van der Waals surface area contributed by atoms with Gasteiger partial charge < -0.3 is 24.5 Å². The second-order valence-electron chi connectivity index (χ2n) is 8.83. The van der Waals surface area contributed by atoms with Gasteiger partial charge in [-0.3, -0.25) is 0 Å². The Morgan fingerprint density at radius 2 is 1.45 bits per heavy atom. The Morgan fingerprint density at radius 3 is 1.89 bits per heavy atom. The SMILES string of the molecule is CCOC(=O)C1=C(C)N(c2ccc(N(CC)CC)cc2)C(C)=C(C(=O)OCC)C1c1cccc([NH+]([O-])O)c1. The van der Waals surface area contributed by atoms with Gasteiger partial charge in [0.2, 0.25) is 0 Å². The van der Waals surface area contributed by atoms with E-state index in [2.05, 4.69) is 18.7 Å². The van der Waals surface area contributed by atoms with Crippen LogP contribution >= 0.6 is 0 Å². The van der Waals surface area contributed by atoms with Crippen molar-refractivity contribution in [3.05, 3.63) is 81.8 Å². The number of quaternary nitrogens is 1. The summed E-state index contributed by atoms with van der Waals surface area (Å²) >= 11 is 0. The molecule has 0 spiro atoms. The van der Waals surface area contributed by atoms with Gasteiger partial charge in [-0.05, 0) is 71.4 Å². The van der Waals surface area contributed by atoms with Crippen LogP contribution in [0.4, 0.5) is 17.1 Å². The minimum Gasteiger partial charge on any atom is -0.595 e. The zero-order valence-corrected chi connectivity index (χ0v) is 22.9. The molecule has 0 saturated carbocycles. The minimum absolute atomic E-state index is 0.0543. The summed E-state index contributed by atoms with van der Waals surface area (Å²) in [7, 11) is 0. The molecule has 1 aliphatic rings. The van der Waals surface area contributed by atoms with E-state index in [0.717, 1.165) is 24.5 Å². The summed E-state index contributed by atoms with van der Waals surface area (Å²) in [4.78, 5) is 31.0. The highest BCUT2D eigenvalue weighted by Crippen LogP contribution is 2.45. The smallest absolute Gasteiger partial charge is 0.336 e. The molecule has 38 heavy (non-hydrogen) atoms. The van der Waals surface area contributed by atoms with Crippen molar-refractivity contribution in [2.24, 2.45) is 0 Å². The van der Waals surface area contributed by atoms with Gasteiger partial charge in [0.05, 0.1) is 30.3 Å². The fraction of sp³-hybridized carbons (Fsp3) is 0.379. The topological polar surface area (TPSA) is 107 Å². The first kappa shape index (κ1) is 28.9. The lowest BCUT2D eigenvalue weighted by atomic mass is 9.79. The van der Waals surface area contributed by atoms with Crippen molar-refractivity contribution in [1.82, 2.24) is 0 Å². The number of nitrogens with one attached hydrogen (secondary N) is 1. The summed E-state index contributed by atoms with van der Waals surface area (Å²) in [5, 5.41) is 20.2. The first-order chi connectivity index (χ1) is 18.2. The lowest BCUT2D eigenvalue weighted by Gasteiger charge is -2.38. The van der Waals surface area contributed by atoms with Crippen LogP contribution < -0.4 is 15.0 Å². The number of anilines is 2. The number of ether oxygens (including phenoxy) is 2. The molecule has 0 radical (unpaired) electrons. The van der Waals surface area contributed by atoms with Gasteiger partial charge in [0, 0.05) is 48.0 Å². The van der Waals surface area contributed by atoms with Crippen molar-refractivity contribution in [2.75, 3.05) is 36.1 Å². The third kappa shape index (κ3) is 5.75. The summed E-state index contributed by atoms with van der Waals surface area (Å²) in [5.41, 5.74) is 4.10. The van der Waals surface area contributed by atoms with E-state index in [1.807, 2.05) is 43.0 Å². The molecule has 1 aliphatic heterocycles. The third-order valence-electron chi connectivity index (χ3n) is 6.72. The second-order valence-corrected chi connectivity index (χ2v) is 8.83. The molecule has 0 aromatic heterocycles. The molecule has 0 bridgehead atoms. The molecule has 2 aromatic carbocycles. The van der Waals surface area contributed by atoms with Gasteiger partial charge >= 0.3 is 11.9 Å². The molecule has 1 unspecified atom stereocenters. The van der Waals surface area contributed by atoms with Crippen LogP contribution in [-0.4, -0.2) is 43.4 Å². The van der Waals surface area contributed by atoms with E-state index in [1.165, 1.54) is 12.1 Å². The Morgan fingerprint density at radius 1 is 0.921 bits per heavy atom. The molecule has 9 nitrogen and oxygen atoms in total. The fourth-order valence-corrected chi connectivity index (χ4v) is 4.98. The van der Waals surface area contributed by atoms with E-state index in [1.54, 1.807) is 26.0 Å². The van der Waals surface area contributed by atoms with E-state index in [4.69, 9.17) is 9.47 Å². The van der Waals surface area contributed by atoms with E-state index < -0.39 is 23.1 Å². The van der Waals surface area contributed by atoms with Crippen molar-refractivity contribution >= 4 is 29.0 Å². The first-order valence-electron chi connectivity index (χ1n) is 12.9. The Kier molecular flexibility index (Phi) is 9.68. The van der Waals surface area contributed by atoms with Crippen LogP contribution in [0, 0.1) is 5.21 Å². The van der Waals surface area contributed by atoms with Crippen LogP contribution in [0.3, 0.4) is 0 Å². The molecule has 0 fully saturated rings. The van der Waals surface area contributed by atoms with Gasteiger partial charge in [0.1, 0.15) is 0 Å². The van der Waals surface area contributed by atoms with E-state index in [-0.39, 0.29) is 30.0 Å². The van der Waals surface area contributed by atoms with Crippen LogP contribution in [-0.2, 0) is 19.1 Å². The van der Waals surface area contributed by atoms with Crippen LogP contribution in [0.15, 0.2) is 71.1 Å². The van der Waals surface area contributed by atoms with Crippen molar-refractivity contribution in [1.29, 1.82) is 0 Å². The molecule has 3 rings (SSSR count). The Labute approximate surface area is 224 Å². The summed E-state index contributed by atoms with van der Waals surface area (Å²) in [6.07, 6.45) is 0. The van der Waals surface area contributed by atoms with Gasteiger partial charge in [-0.25, -0.2) is 14.8 Å². The second kappa shape index (κ2) is 12.7. The maximum Gasteiger partial charge on any atom is 0.336 e. The predicted octanol–water partition coefficient (Wildman–Crippen LogP) is 4.21. The first-order valence-corrected chi connectivity index (χ1v) is 12.9. The molecule has 0 aliphatic carbocycles. The summed E-state index contributed by atoms with van der Waals surface area (Å²) in [6, 6.07) is 14.2. The molecule has 204 valence electrons. The van der Waals surface area contributed by atoms with Crippen LogP contribution in [0.5, 0.6) is 0 Å². The van der Waals surface area contributed by atoms with Crippen LogP contribution in [0.2, 0.25) is 0 Å².